The van der Waals surface area contributed by atoms with E-state index >= 15 is 0 Å². The SMILES string of the molecule is CC(O)CC(C)(C)CNC(=O)NC1CCCOc2ccccc21. The molecule has 0 saturated heterocycles. The molecule has 2 unspecified atom stereocenters. The average molecular weight is 320 g/mol. The van der Waals surface area contributed by atoms with E-state index < -0.39 is 0 Å². The van der Waals surface area contributed by atoms with Crippen LogP contribution >= 0.6 is 0 Å². The number of aliphatic hydroxyl groups excluding tert-OH is 1. The van der Waals surface area contributed by atoms with E-state index in [1.807, 2.05) is 38.1 Å². The molecule has 2 atom stereocenters. The van der Waals surface area contributed by atoms with E-state index in [-0.39, 0.29) is 23.6 Å². The summed E-state index contributed by atoms with van der Waals surface area (Å²) in [4.78, 5) is 12.2. The fourth-order valence-electron chi connectivity index (χ4n) is 3.08. The molecule has 0 saturated carbocycles. The molecule has 0 bridgehead atoms. The number of amides is 2. The quantitative estimate of drug-likeness (QED) is 0.781. The van der Waals surface area contributed by atoms with E-state index in [0.29, 0.717) is 19.6 Å². The van der Waals surface area contributed by atoms with Gasteiger partial charge < -0.3 is 20.5 Å². The maximum Gasteiger partial charge on any atom is 0.315 e. The van der Waals surface area contributed by atoms with E-state index in [4.69, 9.17) is 4.74 Å². The summed E-state index contributed by atoms with van der Waals surface area (Å²) in [6.07, 6.45) is 2.04. The Bertz CT molecular complexity index is 529. The zero-order chi connectivity index (χ0) is 16.9. The van der Waals surface area contributed by atoms with Crippen molar-refractivity contribution in [1.29, 1.82) is 0 Å². The van der Waals surface area contributed by atoms with Crippen LogP contribution in [0.4, 0.5) is 4.79 Å². The second-order valence-corrected chi connectivity index (χ2v) is 7.13. The summed E-state index contributed by atoms with van der Waals surface area (Å²) in [6, 6.07) is 7.65. The lowest BCUT2D eigenvalue weighted by Gasteiger charge is -2.27. The first kappa shape index (κ1) is 17.6. The molecule has 5 nitrogen and oxygen atoms in total. The normalized spacial score (nSPS) is 19.0. The van der Waals surface area contributed by atoms with Gasteiger partial charge in [0.25, 0.3) is 0 Å². The summed E-state index contributed by atoms with van der Waals surface area (Å²) in [6.45, 7) is 7.04. The predicted molar refractivity (Wildman–Crippen MR) is 90.5 cm³/mol. The minimum Gasteiger partial charge on any atom is -0.493 e. The number of ether oxygens (including phenoxy) is 1. The molecular weight excluding hydrogens is 292 g/mol. The van der Waals surface area contributed by atoms with Crippen molar-refractivity contribution in [3.8, 4) is 5.75 Å². The van der Waals surface area contributed by atoms with Gasteiger partial charge in [0.15, 0.2) is 0 Å². The number of aliphatic hydroxyl groups is 1. The fraction of sp³-hybridized carbons (Fsp3) is 0.611. The summed E-state index contributed by atoms with van der Waals surface area (Å²) in [5.41, 5.74) is 0.888. The number of hydrogen-bond acceptors (Lipinski definition) is 3. The first-order valence-electron chi connectivity index (χ1n) is 8.31. The van der Waals surface area contributed by atoms with Crippen LogP contribution in [-0.4, -0.2) is 30.4 Å². The van der Waals surface area contributed by atoms with Gasteiger partial charge in [-0.15, -0.1) is 0 Å². The highest BCUT2D eigenvalue weighted by molar-refractivity contribution is 5.74. The van der Waals surface area contributed by atoms with Crippen LogP contribution in [0.3, 0.4) is 0 Å². The largest absolute Gasteiger partial charge is 0.493 e. The molecule has 1 heterocycles. The van der Waals surface area contributed by atoms with E-state index in [2.05, 4.69) is 10.6 Å². The number of benzene rings is 1. The number of para-hydroxylation sites is 1. The lowest BCUT2D eigenvalue weighted by molar-refractivity contribution is 0.128. The highest BCUT2D eigenvalue weighted by Gasteiger charge is 2.24. The minimum atomic E-state index is -0.374. The van der Waals surface area contributed by atoms with Gasteiger partial charge in [0.2, 0.25) is 0 Å². The van der Waals surface area contributed by atoms with Crippen molar-refractivity contribution in [3.63, 3.8) is 0 Å². The number of nitrogens with one attached hydrogen (secondary N) is 2. The maximum absolute atomic E-state index is 12.2. The lowest BCUT2D eigenvalue weighted by atomic mass is 9.87. The molecule has 1 aliphatic heterocycles. The number of rotatable bonds is 5. The van der Waals surface area contributed by atoms with E-state index in [0.717, 1.165) is 24.2 Å². The lowest BCUT2D eigenvalue weighted by Crippen LogP contribution is -2.42. The first-order chi connectivity index (χ1) is 10.9. The molecule has 2 rings (SSSR count). The van der Waals surface area contributed by atoms with Crippen molar-refractivity contribution in [3.05, 3.63) is 29.8 Å². The zero-order valence-electron chi connectivity index (χ0n) is 14.3. The van der Waals surface area contributed by atoms with Crippen molar-refractivity contribution < 1.29 is 14.6 Å². The van der Waals surface area contributed by atoms with Gasteiger partial charge >= 0.3 is 6.03 Å². The highest BCUT2D eigenvalue weighted by atomic mass is 16.5. The standard InChI is InChI=1S/C18H28N2O3/c1-13(21)11-18(2,3)12-19-17(22)20-15-8-6-10-23-16-9-5-4-7-14(15)16/h4-5,7,9,13,15,21H,6,8,10-12H2,1-3H3,(H2,19,20,22). The number of carbonyl (C=O) groups excluding carboxylic acids is 1. The molecule has 1 aliphatic rings. The molecule has 0 fully saturated rings. The van der Waals surface area contributed by atoms with Crippen molar-refractivity contribution in [1.82, 2.24) is 10.6 Å². The van der Waals surface area contributed by atoms with Crippen LogP contribution in [0.5, 0.6) is 5.75 Å². The van der Waals surface area contributed by atoms with Gasteiger partial charge in [-0.1, -0.05) is 32.0 Å². The molecule has 0 aromatic heterocycles. The number of carbonyl (C=O) groups is 1. The summed E-state index contributed by atoms with van der Waals surface area (Å²) in [7, 11) is 0. The Kier molecular flexibility index (Phi) is 5.88. The van der Waals surface area contributed by atoms with Crippen LogP contribution in [0.1, 0.15) is 51.6 Å². The highest BCUT2D eigenvalue weighted by Crippen LogP contribution is 2.31. The topological polar surface area (TPSA) is 70.6 Å². The summed E-state index contributed by atoms with van der Waals surface area (Å²) >= 11 is 0. The smallest absolute Gasteiger partial charge is 0.315 e. The molecule has 1 aromatic rings. The van der Waals surface area contributed by atoms with Crippen LogP contribution in [-0.2, 0) is 0 Å². The van der Waals surface area contributed by atoms with Gasteiger partial charge in [0, 0.05) is 12.1 Å². The van der Waals surface area contributed by atoms with Gasteiger partial charge in [-0.05, 0) is 37.7 Å². The third kappa shape index (κ3) is 5.43. The molecule has 23 heavy (non-hydrogen) atoms. The number of fused-ring (bicyclic) bond motifs is 1. The third-order valence-electron chi connectivity index (χ3n) is 4.07. The van der Waals surface area contributed by atoms with Crippen LogP contribution in [0.2, 0.25) is 0 Å². The van der Waals surface area contributed by atoms with Crippen molar-refractivity contribution in [2.75, 3.05) is 13.2 Å². The molecule has 5 heteroatoms. The zero-order valence-corrected chi connectivity index (χ0v) is 14.3. The Morgan fingerprint density at radius 1 is 1.43 bits per heavy atom. The van der Waals surface area contributed by atoms with Crippen molar-refractivity contribution in [2.24, 2.45) is 5.41 Å². The molecule has 0 radical (unpaired) electrons. The summed E-state index contributed by atoms with van der Waals surface area (Å²) in [5, 5.41) is 15.5. The third-order valence-corrected chi connectivity index (χ3v) is 4.07. The molecule has 2 amide bonds. The minimum absolute atomic E-state index is 0.0337. The molecule has 3 N–H and O–H groups in total. The van der Waals surface area contributed by atoms with E-state index in [1.165, 1.54) is 0 Å². The van der Waals surface area contributed by atoms with Gasteiger partial charge in [0.05, 0.1) is 18.8 Å². The van der Waals surface area contributed by atoms with Crippen molar-refractivity contribution >= 4 is 6.03 Å². The monoisotopic (exact) mass is 320 g/mol. The molecule has 0 aliphatic carbocycles. The average Bonchev–Trinajstić information content (AvgIpc) is 2.67. The molecular formula is C18H28N2O3. The fourth-order valence-corrected chi connectivity index (χ4v) is 3.08. The van der Waals surface area contributed by atoms with Crippen molar-refractivity contribution in [2.45, 2.75) is 52.2 Å². The Morgan fingerprint density at radius 3 is 2.91 bits per heavy atom. The van der Waals surface area contributed by atoms with Crippen LogP contribution in [0.15, 0.2) is 24.3 Å². The number of hydrogen-bond donors (Lipinski definition) is 3. The summed E-state index contributed by atoms with van der Waals surface area (Å²) in [5.74, 6) is 0.852. The van der Waals surface area contributed by atoms with Gasteiger partial charge in [0.1, 0.15) is 5.75 Å². The van der Waals surface area contributed by atoms with Crippen LogP contribution in [0, 0.1) is 5.41 Å². The van der Waals surface area contributed by atoms with Crippen LogP contribution < -0.4 is 15.4 Å². The van der Waals surface area contributed by atoms with E-state index in [9.17, 15) is 9.90 Å². The maximum atomic E-state index is 12.2. The van der Waals surface area contributed by atoms with Gasteiger partial charge in [-0.2, -0.15) is 0 Å². The Balaban J connectivity index is 1.93. The molecule has 0 spiro atoms. The Hall–Kier alpha value is -1.75. The molecule has 128 valence electrons. The van der Waals surface area contributed by atoms with Gasteiger partial charge in [-0.3, -0.25) is 0 Å². The van der Waals surface area contributed by atoms with Gasteiger partial charge in [-0.25, -0.2) is 4.79 Å². The second kappa shape index (κ2) is 7.68. The Labute approximate surface area is 138 Å². The Morgan fingerprint density at radius 2 is 2.17 bits per heavy atom. The van der Waals surface area contributed by atoms with Crippen LogP contribution in [0.25, 0.3) is 0 Å². The summed E-state index contributed by atoms with van der Waals surface area (Å²) < 4.78 is 5.72. The number of urea groups is 1. The first-order valence-corrected chi connectivity index (χ1v) is 8.31. The van der Waals surface area contributed by atoms with E-state index in [1.54, 1.807) is 6.92 Å². The molecule has 1 aromatic carbocycles. The second-order valence-electron chi connectivity index (χ2n) is 7.13. The predicted octanol–water partition coefficient (Wildman–Crippen LogP) is 3.00.